The first-order valence-corrected chi connectivity index (χ1v) is 6.92. The lowest BCUT2D eigenvalue weighted by Crippen LogP contribution is -2.20. The molecule has 0 atom stereocenters. The molecule has 0 aliphatic carbocycles. The van der Waals surface area contributed by atoms with Crippen molar-refractivity contribution >= 4 is 27.5 Å². The van der Waals surface area contributed by atoms with Crippen molar-refractivity contribution in [3.05, 3.63) is 28.2 Å². The van der Waals surface area contributed by atoms with Crippen LogP contribution >= 0.6 is 15.9 Å². The van der Waals surface area contributed by atoms with Crippen molar-refractivity contribution in [2.24, 2.45) is 5.10 Å². The molecule has 5 heteroatoms. The Labute approximate surface area is 122 Å². The largest absolute Gasteiger partial charge is 0.490 e. The van der Waals surface area contributed by atoms with E-state index in [2.05, 4.69) is 26.5 Å². The molecule has 0 aromatic heterocycles. The van der Waals surface area contributed by atoms with E-state index in [1.54, 1.807) is 0 Å². The summed E-state index contributed by atoms with van der Waals surface area (Å²) in [7, 11) is 0. The number of carbonyl (C=O) groups is 1. The minimum Gasteiger partial charge on any atom is -0.490 e. The zero-order valence-corrected chi connectivity index (χ0v) is 13.2. The first-order chi connectivity index (χ1) is 8.88. The summed E-state index contributed by atoms with van der Waals surface area (Å²) in [5.41, 5.74) is 4.22. The quantitative estimate of drug-likeness (QED) is 0.666. The van der Waals surface area contributed by atoms with E-state index < -0.39 is 0 Å². The van der Waals surface area contributed by atoms with Crippen molar-refractivity contribution in [3.8, 4) is 5.75 Å². The van der Waals surface area contributed by atoms with Gasteiger partial charge in [0.05, 0.1) is 17.0 Å². The van der Waals surface area contributed by atoms with E-state index in [-0.39, 0.29) is 18.4 Å². The topological polar surface area (TPSA) is 50.7 Å². The van der Waals surface area contributed by atoms with Crippen LogP contribution in [0.5, 0.6) is 5.75 Å². The highest BCUT2D eigenvalue weighted by atomic mass is 79.9. The summed E-state index contributed by atoms with van der Waals surface area (Å²) >= 11 is 3.44. The van der Waals surface area contributed by atoms with E-state index in [4.69, 9.17) is 4.74 Å². The lowest BCUT2D eigenvalue weighted by atomic mass is 10.1. The summed E-state index contributed by atoms with van der Waals surface area (Å²) in [4.78, 5) is 11.6. The van der Waals surface area contributed by atoms with Gasteiger partial charge in [-0.15, -0.1) is 0 Å². The van der Waals surface area contributed by atoms with Gasteiger partial charge in [-0.3, -0.25) is 4.79 Å². The molecule has 104 valence electrons. The SMILES string of the molecule is CC(C)=NNC(=O)Cc1ccc(OC(C)C)c(Br)c1. The first-order valence-electron chi connectivity index (χ1n) is 6.13. The minimum absolute atomic E-state index is 0.118. The molecule has 1 rings (SSSR count). The molecule has 0 heterocycles. The van der Waals surface area contributed by atoms with E-state index in [1.165, 1.54) is 0 Å². The van der Waals surface area contributed by atoms with Gasteiger partial charge in [-0.1, -0.05) is 6.07 Å². The maximum Gasteiger partial charge on any atom is 0.244 e. The molecule has 1 N–H and O–H groups in total. The number of rotatable bonds is 5. The molecule has 0 bridgehead atoms. The molecule has 0 saturated carbocycles. The van der Waals surface area contributed by atoms with Gasteiger partial charge >= 0.3 is 0 Å². The van der Waals surface area contributed by atoms with Gasteiger partial charge in [-0.25, -0.2) is 5.43 Å². The van der Waals surface area contributed by atoms with Crippen LogP contribution in [0.25, 0.3) is 0 Å². The average Bonchev–Trinajstić information content (AvgIpc) is 2.29. The Morgan fingerprint density at radius 3 is 2.63 bits per heavy atom. The zero-order valence-electron chi connectivity index (χ0n) is 11.7. The van der Waals surface area contributed by atoms with E-state index in [1.807, 2.05) is 45.9 Å². The molecule has 1 aromatic carbocycles. The number of benzene rings is 1. The molecule has 0 spiro atoms. The van der Waals surface area contributed by atoms with E-state index >= 15 is 0 Å². The number of hydrogen-bond donors (Lipinski definition) is 1. The fraction of sp³-hybridized carbons (Fsp3) is 0.429. The molecule has 0 fully saturated rings. The molecule has 19 heavy (non-hydrogen) atoms. The second-order valence-corrected chi connectivity index (χ2v) is 5.56. The van der Waals surface area contributed by atoms with Gasteiger partial charge in [0.15, 0.2) is 0 Å². The third-order valence-corrected chi connectivity index (χ3v) is 2.75. The van der Waals surface area contributed by atoms with E-state index in [9.17, 15) is 4.79 Å². The Morgan fingerprint density at radius 1 is 1.42 bits per heavy atom. The van der Waals surface area contributed by atoms with Crippen molar-refractivity contribution in [2.45, 2.75) is 40.2 Å². The lowest BCUT2D eigenvalue weighted by molar-refractivity contribution is -0.120. The smallest absolute Gasteiger partial charge is 0.244 e. The summed E-state index contributed by atoms with van der Waals surface area (Å²) in [6, 6.07) is 5.63. The Bertz CT molecular complexity index is 480. The summed E-state index contributed by atoms with van der Waals surface area (Å²) in [6.45, 7) is 7.60. The molecule has 1 aromatic rings. The van der Waals surface area contributed by atoms with Gasteiger partial charge in [0, 0.05) is 5.71 Å². The average molecular weight is 327 g/mol. The van der Waals surface area contributed by atoms with Crippen LogP contribution in [-0.4, -0.2) is 17.7 Å². The minimum atomic E-state index is -0.134. The van der Waals surface area contributed by atoms with Crippen molar-refractivity contribution in [1.29, 1.82) is 0 Å². The van der Waals surface area contributed by atoms with Crippen LogP contribution in [0.15, 0.2) is 27.8 Å². The standard InChI is InChI=1S/C14H19BrN2O2/c1-9(2)16-17-14(18)8-11-5-6-13(12(15)7-11)19-10(3)4/h5-7,10H,8H2,1-4H3,(H,17,18). The number of ether oxygens (including phenoxy) is 1. The number of hydrogen-bond acceptors (Lipinski definition) is 3. The fourth-order valence-electron chi connectivity index (χ4n) is 1.40. The first kappa shape index (κ1) is 15.7. The second-order valence-electron chi connectivity index (χ2n) is 4.70. The summed E-state index contributed by atoms with van der Waals surface area (Å²) < 4.78 is 6.46. The highest BCUT2D eigenvalue weighted by molar-refractivity contribution is 9.10. The van der Waals surface area contributed by atoms with E-state index in [0.717, 1.165) is 21.5 Å². The van der Waals surface area contributed by atoms with Gasteiger partial charge in [0.2, 0.25) is 5.91 Å². The molecule has 0 saturated heterocycles. The maximum atomic E-state index is 11.6. The molecule has 1 amide bonds. The van der Waals surface area contributed by atoms with Gasteiger partial charge in [0.1, 0.15) is 5.75 Å². The lowest BCUT2D eigenvalue weighted by Gasteiger charge is -2.12. The molecule has 4 nitrogen and oxygen atoms in total. The number of halogens is 1. The normalized spacial score (nSPS) is 10.2. The molecule has 0 unspecified atom stereocenters. The number of carbonyl (C=O) groups excluding carboxylic acids is 1. The zero-order chi connectivity index (χ0) is 14.4. The third-order valence-electron chi connectivity index (χ3n) is 2.13. The Balaban J connectivity index is 2.68. The summed E-state index contributed by atoms with van der Waals surface area (Å²) in [6.07, 6.45) is 0.407. The number of hydrazone groups is 1. The molecule has 0 aliphatic heterocycles. The molecule has 0 aliphatic rings. The Morgan fingerprint density at radius 2 is 2.11 bits per heavy atom. The second kappa shape index (κ2) is 7.28. The fourth-order valence-corrected chi connectivity index (χ4v) is 1.92. The Kier molecular flexibility index (Phi) is 6.02. The molecular weight excluding hydrogens is 308 g/mol. The van der Waals surface area contributed by atoms with Crippen LogP contribution in [-0.2, 0) is 11.2 Å². The monoisotopic (exact) mass is 326 g/mol. The van der Waals surface area contributed by atoms with Gasteiger partial charge < -0.3 is 4.74 Å². The Hall–Kier alpha value is -1.36. The molecular formula is C14H19BrN2O2. The maximum absolute atomic E-state index is 11.6. The summed E-state index contributed by atoms with van der Waals surface area (Å²) in [5.74, 6) is 0.646. The predicted octanol–water partition coefficient (Wildman–Crippen LogP) is 3.29. The van der Waals surface area contributed by atoms with Crippen LogP contribution in [0.2, 0.25) is 0 Å². The number of nitrogens with zero attached hydrogens (tertiary/aromatic N) is 1. The van der Waals surface area contributed by atoms with Crippen LogP contribution in [0.4, 0.5) is 0 Å². The number of nitrogens with one attached hydrogen (secondary N) is 1. The summed E-state index contributed by atoms with van der Waals surface area (Å²) in [5, 5.41) is 3.88. The highest BCUT2D eigenvalue weighted by Crippen LogP contribution is 2.27. The molecule has 0 radical (unpaired) electrons. The van der Waals surface area contributed by atoms with Crippen LogP contribution < -0.4 is 10.2 Å². The van der Waals surface area contributed by atoms with Crippen molar-refractivity contribution in [2.75, 3.05) is 0 Å². The van der Waals surface area contributed by atoms with Gasteiger partial charge in [0.25, 0.3) is 0 Å². The van der Waals surface area contributed by atoms with Crippen LogP contribution in [0, 0.1) is 0 Å². The highest BCUT2D eigenvalue weighted by Gasteiger charge is 2.07. The van der Waals surface area contributed by atoms with Crippen molar-refractivity contribution < 1.29 is 9.53 Å². The van der Waals surface area contributed by atoms with Gasteiger partial charge in [-0.2, -0.15) is 5.10 Å². The van der Waals surface area contributed by atoms with Gasteiger partial charge in [-0.05, 0) is 61.3 Å². The van der Waals surface area contributed by atoms with Crippen LogP contribution in [0.1, 0.15) is 33.3 Å². The third kappa shape index (κ3) is 5.87. The number of amides is 1. The predicted molar refractivity (Wildman–Crippen MR) is 80.5 cm³/mol. The van der Waals surface area contributed by atoms with Crippen LogP contribution in [0.3, 0.4) is 0 Å². The van der Waals surface area contributed by atoms with E-state index in [0.29, 0.717) is 0 Å². The van der Waals surface area contributed by atoms with Crippen molar-refractivity contribution in [3.63, 3.8) is 0 Å². The van der Waals surface area contributed by atoms with Crippen molar-refractivity contribution in [1.82, 2.24) is 5.43 Å².